The van der Waals surface area contributed by atoms with E-state index in [1.165, 1.54) is 6.07 Å². The van der Waals surface area contributed by atoms with Crippen LogP contribution in [0.2, 0.25) is 0 Å². The van der Waals surface area contributed by atoms with Gasteiger partial charge in [0.1, 0.15) is 0 Å². The van der Waals surface area contributed by atoms with Gasteiger partial charge in [0.25, 0.3) is 5.91 Å². The Hall–Kier alpha value is -2.19. The number of carbonyl (C=O) groups is 2. The number of hydrogen-bond donors (Lipinski definition) is 3. The molecule has 0 fully saturated rings. The third-order valence-corrected chi connectivity index (χ3v) is 2.46. The molecule has 0 bridgehead atoms. The van der Waals surface area contributed by atoms with Crippen LogP contribution >= 0.6 is 0 Å². The van der Waals surface area contributed by atoms with Gasteiger partial charge >= 0.3 is 6.03 Å². The van der Waals surface area contributed by atoms with E-state index in [9.17, 15) is 14.0 Å². The van der Waals surface area contributed by atoms with Crippen LogP contribution < -0.4 is 21.1 Å². The standard InChI is InChI=1S/C13H18FN3O4/c1-20-6-5-16-7-9-3-2-4-10(14)12(9)21-8-11(18)17-13(15)19/h2-4,16H,5-8H2,1H3,(H3,15,17,18,19). The summed E-state index contributed by atoms with van der Waals surface area (Å²) in [5, 5.41) is 4.88. The molecule has 21 heavy (non-hydrogen) atoms. The van der Waals surface area contributed by atoms with E-state index < -0.39 is 24.4 Å². The van der Waals surface area contributed by atoms with Crippen LogP contribution in [0.15, 0.2) is 18.2 Å². The second-order valence-corrected chi connectivity index (χ2v) is 4.10. The first-order valence-corrected chi connectivity index (χ1v) is 6.23. The molecule has 116 valence electrons. The van der Waals surface area contributed by atoms with Crippen LogP contribution in [-0.4, -0.2) is 38.8 Å². The minimum atomic E-state index is -0.987. The van der Waals surface area contributed by atoms with Gasteiger partial charge in [-0.2, -0.15) is 0 Å². The van der Waals surface area contributed by atoms with Gasteiger partial charge in [-0.05, 0) is 6.07 Å². The van der Waals surface area contributed by atoms with Gasteiger partial charge in [-0.1, -0.05) is 12.1 Å². The lowest BCUT2D eigenvalue weighted by Gasteiger charge is -2.12. The summed E-state index contributed by atoms with van der Waals surface area (Å²) in [5.41, 5.74) is 5.35. The van der Waals surface area contributed by atoms with Crippen LogP contribution in [0.5, 0.6) is 5.75 Å². The number of methoxy groups -OCH3 is 1. The number of ether oxygens (including phenoxy) is 2. The van der Waals surface area contributed by atoms with Crippen molar-refractivity contribution in [3.8, 4) is 5.75 Å². The molecule has 8 heteroatoms. The van der Waals surface area contributed by atoms with Gasteiger partial charge in [-0.3, -0.25) is 10.1 Å². The van der Waals surface area contributed by atoms with E-state index in [1.807, 2.05) is 5.32 Å². The maximum atomic E-state index is 13.7. The zero-order valence-electron chi connectivity index (χ0n) is 11.6. The number of primary amides is 1. The highest BCUT2D eigenvalue weighted by atomic mass is 19.1. The van der Waals surface area contributed by atoms with E-state index >= 15 is 0 Å². The summed E-state index contributed by atoms with van der Waals surface area (Å²) in [6, 6.07) is 3.45. The number of nitrogens with two attached hydrogens (primary N) is 1. The lowest BCUT2D eigenvalue weighted by Crippen LogP contribution is -2.38. The van der Waals surface area contributed by atoms with Crippen molar-refractivity contribution in [3.05, 3.63) is 29.6 Å². The molecular weight excluding hydrogens is 281 g/mol. The molecule has 0 aromatic heterocycles. The van der Waals surface area contributed by atoms with Crippen molar-refractivity contribution in [3.63, 3.8) is 0 Å². The topological polar surface area (TPSA) is 103 Å². The molecule has 0 aliphatic heterocycles. The zero-order valence-corrected chi connectivity index (χ0v) is 11.6. The summed E-state index contributed by atoms with van der Waals surface area (Å²) in [4.78, 5) is 21.8. The minimum absolute atomic E-state index is 0.0398. The fourth-order valence-electron chi connectivity index (χ4n) is 1.56. The molecule has 0 aliphatic rings. The van der Waals surface area contributed by atoms with Crippen LogP contribution in [0.25, 0.3) is 0 Å². The molecule has 1 aromatic carbocycles. The third kappa shape index (κ3) is 6.19. The highest BCUT2D eigenvalue weighted by Gasteiger charge is 2.12. The van der Waals surface area contributed by atoms with Gasteiger partial charge in [-0.15, -0.1) is 0 Å². The summed E-state index contributed by atoms with van der Waals surface area (Å²) in [7, 11) is 1.58. The lowest BCUT2D eigenvalue weighted by molar-refractivity contribution is -0.122. The largest absolute Gasteiger partial charge is 0.480 e. The van der Waals surface area contributed by atoms with Crippen LogP contribution in [0.4, 0.5) is 9.18 Å². The van der Waals surface area contributed by atoms with Gasteiger partial charge in [0.05, 0.1) is 6.61 Å². The molecule has 0 spiro atoms. The number of imide groups is 1. The molecule has 3 amide bonds. The van der Waals surface area contributed by atoms with Crippen LogP contribution in [0.3, 0.4) is 0 Å². The maximum absolute atomic E-state index is 13.7. The molecule has 7 nitrogen and oxygen atoms in total. The monoisotopic (exact) mass is 299 g/mol. The average molecular weight is 299 g/mol. The Labute approximate surface area is 121 Å². The van der Waals surface area contributed by atoms with Gasteiger partial charge in [0.15, 0.2) is 18.2 Å². The van der Waals surface area contributed by atoms with Crippen molar-refractivity contribution in [2.24, 2.45) is 5.73 Å². The molecule has 0 saturated heterocycles. The van der Waals surface area contributed by atoms with E-state index in [2.05, 4.69) is 5.32 Å². The highest BCUT2D eigenvalue weighted by molar-refractivity contribution is 5.94. The molecule has 0 unspecified atom stereocenters. The Morgan fingerprint density at radius 2 is 2.14 bits per heavy atom. The van der Waals surface area contributed by atoms with Crippen LogP contribution in [0, 0.1) is 5.82 Å². The summed E-state index contributed by atoms with van der Waals surface area (Å²) < 4.78 is 23.7. The SMILES string of the molecule is COCCNCc1cccc(F)c1OCC(=O)NC(N)=O. The Morgan fingerprint density at radius 3 is 2.81 bits per heavy atom. The lowest BCUT2D eigenvalue weighted by atomic mass is 10.2. The number of benzene rings is 1. The second kappa shape index (κ2) is 8.88. The summed E-state index contributed by atoms with van der Waals surface area (Å²) in [6.07, 6.45) is 0. The number of para-hydroxylation sites is 1. The molecule has 0 radical (unpaired) electrons. The van der Waals surface area contributed by atoms with Crippen molar-refractivity contribution in [2.75, 3.05) is 26.9 Å². The quantitative estimate of drug-likeness (QED) is 0.592. The minimum Gasteiger partial charge on any atom is -0.480 e. The van der Waals surface area contributed by atoms with Gasteiger partial charge in [-0.25, -0.2) is 9.18 Å². The highest BCUT2D eigenvalue weighted by Crippen LogP contribution is 2.22. The summed E-state index contributed by atoms with van der Waals surface area (Å²) in [6.45, 7) is 0.962. The molecule has 1 rings (SSSR count). The Kier molecular flexibility index (Phi) is 7.13. The van der Waals surface area contributed by atoms with Crippen molar-refractivity contribution in [2.45, 2.75) is 6.54 Å². The predicted molar refractivity (Wildman–Crippen MR) is 73.2 cm³/mol. The first-order valence-electron chi connectivity index (χ1n) is 6.23. The van der Waals surface area contributed by atoms with Crippen LogP contribution in [-0.2, 0) is 16.1 Å². The molecule has 4 N–H and O–H groups in total. The van der Waals surface area contributed by atoms with E-state index in [0.29, 0.717) is 25.3 Å². The van der Waals surface area contributed by atoms with Crippen molar-refractivity contribution >= 4 is 11.9 Å². The van der Waals surface area contributed by atoms with Crippen molar-refractivity contribution in [1.29, 1.82) is 0 Å². The average Bonchev–Trinajstić information content (AvgIpc) is 2.42. The number of rotatable bonds is 8. The fourth-order valence-corrected chi connectivity index (χ4v) is 1.56. The normalized spacial score (nSPS) is 10.2. The first-order chi connectivity index (χ1) is 10.0. The first kappa shape index (κ1) is 16.9. The van der Waals surface area contributed by atoms with E-state index in [0.717, 1.165) is 0 Å². The Bertz CT molecular complexity index is 496. The van der Waals surface area contributed by atoms with Crippen molar-refractivity contribution in [1.82, 2.24) is 10.6 Å². The van der Waals surface area contributed by atoms with E-state index in [-0.39, 0.29) is 5.75 Å². The van der Waals surface area contributed by atoms with Gasteiger partial charge < -0.3 is 20.5 Å². The third-order valence-electron chi connectivity index (χ3n) is 2.46. The predicted octanol–water partition coefficient (Wildman–Crippen LogP) is 0.135. The summed E-state index contributed by atoms with van der Waals surface area (Å²) >= 11 is 0. The molecule has 0 saturated carbocycles. The molecule has 1 aromatic rings. The Morgan fingerprint density at radius 1 is 1.38 bits per heavy atom. The fraction of sp³-hybridized carbons (Fsp3) is 0.385. The number of hydrogen-bond acceptors (Lipinski definition) is 5. The second-order valence-electron chi connectivity index (χ2n) is 4.10. The van der Waals surface area contributed by atoms with E-state index in [4.69, 9.17) is 15.2 Å². The number of nitrogens with one attached hydrogen (secondary N) is 2. The van der Waals surface area contributed by atoms with Crippen molar-refractivity contribution < 1.29 is 23.5 Å². The van der Waals surface area contributed by atoms with Crippen LogP contribution in [0.1, 0.15) is 5.56 Å². The smallest absolute Gasteiger partial charge is 0.318 e. The molecule has 0 heterocycles. The molecule has 0 atom stereocenters. The number of amides is 3. The zero-order chi connectivity index (χ0) is 15.7. The molecular formula is C13H18FN3O4. The maximum Gasteiger partial charge on any atom is 0.318 e. The van der Waals surface area contributed by atoms with Gasteiger partial charge in [0.2, 0.25) is 0 Å². The van der Waals surface area contributed by atoms with E-state index in [1.54, 1.807) is 19.2 Å². The summed E-state index contributed by atoms with van der Waals surface area (Å²) in [5.74, 6) is -1.38. The number of halogens is 1. The number of carbonyl (C=O) groups excluding carboxylic acids is 2. The Balaban J connectivity index is 2.62. The number of urea groups is 1. The van der Waals surface area contributed by atoms with Gasteiger partial charge in [0, 0.05) is 25.8 Å². The molecule has 0 aliphatic carbocycles.